The van der Waals surface area contributed by atoms with E-state index in [4.69, 9.17) is 4.74 Å². The summed E-state index contributed by atoms with van der Waals surface area (Å²) in [5.74, 6) is 0.163. The van der Waals surface area contributed by atoms with Gasteiger partial charge in [0.05, 0.1) is 19.1 Å². The highest BCUT2D eigenvalue weighted by atomic mass is 16.5. The predicted octanol–water partition coefficient (Wildman–Crippen LogP) is 1.15. The molecule has 0 spiro atoms. The van der Waals surface area contributed by atoms with Gasteiger partial charge in [0.25, 0.3) is 0 Å². The van der Waals surface area contributed by atoms with Gasteiger partial charge in [-0.15, -0.1) is 13.2 Å². The van der Waals surface area contributed by atoms with Crippen molar-refractivity contribution in [2.75, 3.05) is 59.0 Å². The number of piperidine rings is 1. The first-order chi connectivity index (χ1) is 12.2. The van der Waals surface area contributed by atoms with E-state index in [0.29, 0.717) is 32.5 Å². The molecule has 2 rings (SSSR count). The minimum absolute atomic E-state index is 0.102. The van der Waals surface area contributed by atoms with Crippen LogP contribution in [0.4, 0.5) is 0 Å². The van der Waals surface area contributed by atoms with Crippen LogP contribution < -0.4 is 0 Å². The smallest absolute Gasteiger partial charge is 0.228 e. The standard InChI is InChI=1S/C19H31N3O3/c1-3-8-21(9-4-2)19(24)17-6-7-18(23)22(16-17)11-5-10-20-12-14-25-15-13-20/h3-4,17H,1-2,5-16H2/t17-/m1/s1. The number of likely N-dealkylation sites (tertiary alicyclic amines) is 1. The summed E-state index contributed by atoms with van der Waals surface area (Å²) >= 11 is 0. The molecule has 0 saturated carbocycles. The number of hydrogen-bond acceptors (Lipinski definition) is 4. The van der Waals surface area contributed by atoms with E-state index >= 15 is 0 Å². The minimum atomic E-state index is -0.110. The zero-order valence-corrected chi connectivity index (χ0v) is 15.2. The lowest BCUT2D eigenvalue weighted by Crippen LogP contribution is -2.48. The molecule has 0 aromatic carbocycles. The van der Waals surface area contributed by atoms with Gasteiger partial charge in [-0.3, -0.25) is 14.5 Å². The largest absolute Gasteiger partial charge is 0.379 e. The Labute approximate surface area is 151 Å². The van der Waals surface area contributed by atoms with Gasteiger partial charge in [0.1, 0.15) is 0 Å². The van der Waals surface area contributed by atoms with Crippen LogP contribution in [0.2, 0.25) is 0 Å². The van der Waals surface area contributed by atoms with Crippen molar-refractivity contribution in [1.29, 1.82) is 0 Å². The number of nitrogens with zero attached hydrogens (tertiary/aromatic N) is 3. The van der Waals surface area contributed by atoms with Crippen molar-refractivity contribution in [3.05, 3.63) is 25.3 Å². The predicted molar refractivity (Wildman–Crippen MR) is 98.2 cm³/mol. The van der Waals surface area contributed by atoms with E-state index in [9.17, 15) is 9.59 Å². The average Bonchev–Trinajstić information content (AvgIpc) is 2.63. The Morgan fingerprint density at radius 2 is 1.88 bits per heavy atom. The number of hydrogen-bond donors (Lipinski definition) is 0. The molecule has 2 heterocycles. The zero-order valence-electron chi connectivity index (χ0n) is 15.2. The van der Waals surface area contributed by atoms with Crippen molar-refractivity contribution in [2.24, 2.45) is 5.92 Å². The molecule has 140 valence electrons. The molecule has 0 aromatic rings. The highest BCUT2D eigenvalue weighted by Crippen LogP contribution is 2.20. The van der Waals surface area contributed by atoms with Crippen molar-refractivity contribution >= 4 is 11.8 Å². The highest BCUT2D eigenvalue weighted by molar-refractivity contribution is 5.84. The highest BCUT2D eigenvalue weighted by Gasteiger charge is 2.32. The second-order valence-electron chi connectivity index (χ2n) is 6.70. The van der Waals surface area contributed by atoms with E-state index in [2.05, 4.69) is 18.1 Å². The molecule has 0 aromatic heterocycles. The monoisotopic (exact) mass is 349 g/mol. The maximum absolute atomic E-state index is 12.7. The molecular weight excluding hydrogens is 318 g/mol. The third kappa shape index (κ3) is 5.97. The van der Waals surface area contributed by atoms with E-state index in [0.717, 1.165) is 45.8 Å². The fourth-order valence-electron chi connectivity index (χ4n) is 3.47. The number of amides is 2. The first-order valence-corrected chi connectivity index (χ1v) is 9.24. The molecule has 1 atom stereocenters. The van der Waals surface area contributed by atoms with Gasteiger partial charge < -0.3 is 14.5 Å². The molecule has 0 bridgehead atoms. The van der Waals surface area contributed by atoms with Gasteiger partial charge in [-0.2, -0.15) is 0 Å². The Bertz CT molecular complexity index is 465. The van der Waals surface area contributed by atoms with Crippen LogP contribution in [0.25, 0.3) is 0 Å². The summed E-state index contributed by atoms with van der Waals surface area (Å²) in [6.07, 6.45) is 5.51. The summed E-state index contributed by atoms with van der Waals surface area (Å²) in [5, 5.41) is 0. The van der Waals surface area contributed by atoms with Gasteiger partial charge in [-0.05, 0) is 12.8 Å². The van der Waals surface area contributed by atoms with Crippen LogP contribution in [-0.4, -0.2) is 85.5 Å². The summed E-state index contributed by atoms with van der Waals surface area (Å²) in [5.41, 5.74) is 0. The normalized spacial score (nSPS) is 21.8. The topological polar surface area (TPSA) is 53.1 Å². The zero-order chi connectivity index (χ0) is 18.1. The Kier molecular flexibility index (Phi) is 8.15. The summed E-state index contributed by atoms with van der Waals surface area (Å²) in [7, 11) is 0. The molecule has 2 saturated heterocycles. The quantitative estimate of drug-likeness (QED) is 0.586. The van der Waals surface area contributed by atoms with E-state index in [1.165, 1.54) is 0 Å². The summed E-state index contributed by atoms with van der Waals surface area (Å²) in [4.78, 5) is 30.9. The van der Waals surface area contributed by atoms with Gasteiger partial charge in [0.2, 0.25) is 11.8 Å². The van der Waals surface area contributed by atoms with Crippen molar-refractivity contribution in [2.45, 2.75) is 19.3 Å². The van der Waals surface area contributed by atoms with Crippen molar-refractivity contribution in [3.63, 3.8) is 0 Å². The summed E-state index contributed by atoms with van der Waals surface area (Å²) < 4.78 is 5.35. The van der Waals surface area contributed by atoms with Crippen molar-refractivity contribution in [1.82, 2.24) is 14.7 Å². The average molecular weight is 349 g/mol. The third-order valence-corrected chi connectivity index (χ3v) is 4.87. The minimum Gasteiger partial charge on any atom is -0.379 e. The van der Waals surface area contributed by atoms with Crippen molar-refractivity contribution in [3.8, 4) is 0 Å². The molecule has 6 heteroatoms. The van der Waals surface area contributed by atoms with Crippen LogP contribution in [0.5, 0.6) is 0 Å². The molecular formula is C19H31N3O3. The number of morpholine rings is 1. The molecule has 6 nitrogen and oxygen atoms in total. The van der Waals surface area contributed by atoms with Crippen molar-refractivity contribution < 1.29 is 14.3 Å². The molecule has 0 radical (unpaired) electrons. The van der Waals surface area contributed by atoms with Crippen LogP contribution >= 0.6 is 0 Å². The SMILES string of the molecule is C=CCN(CC=C)C(=O)[C@@H]1CCC(=O)N(CCCN2CCOCC2)C1. The van der Waals surface area contributed by atoms with E-state index in [1.807, 2.05) is 4.90 Å². The molecule has 2 fully saturated rings. The van der Waals surface area contributed by atoms with E-state index in [-0.39, 0.29) is 17.7 Å². The first-order valence-electron chi connectivity index (χ1n) is 9.24. The lowest BCUT2D eigenvalue weighted by Gasteiger charge is -2.35. The number of carbonyl (C=O) groups is 2. The Balaban J connectivity index is 1.82. The van der Waals surface area contributed by atoms with E-state index < -0.39 is 0 Å². The second-order valence-corrected chi connectivity index (χ2v) is 6.70. The number of rotatable bonds is 9. The van der Waals surface area contributed by atoms with Gasteiger partial charge in [0, 0.05) is 52.2 Å². The summed E-state index contributed by atoms with van der Waals surface area (Å²) in [6.45, 7) is 14.2. The van der Waals surface area contributed by atoms with Gasteiger partial charge >= 0.3 is 0 Å². The second kappa shape index (κ2) is 10.4. The number of ether oxygens (including phenoxy) is 1. The third-order valence-electron chi connectivity index (χ3n) is 4.87. The van der Waals surface area contributed by atoms with Gasteiger partial charge in [-0.25, -0.2) is 0 Å². The fraction of sp³-hybridized carbons (Fsp3) is 0.684. The van der Waals surface area contributed by atoms with Crippen LogP contribution in [0.1, 0.15) is 19.3 Å². The van der Waals surface area contributed by atoms with Gasteiger partial charge in [-0.1, -0.05) is 12.2 Å². The van der Waals surface area contributed by atoms with Gasteiger partial charge in [0.15, 0.2) is 0 Å². The lowest BCUT2D eigenvalue weighted by molar-refractivity contribution is -0.142. The number of carbonyl (C=O) groups excluding carboxylic acids is 2. The lowest BCUT2D eigenvalue weighted by atomic mass is 9.95. The van der Waals surface area contributed by atoms with Crippen LogP contribution in [-0.2, 0) is 14.3 Å². The molecule has 2 aliphatic heterocycles. The fourth-order valence-corrected chi connectivity index (χ4v) is 3.47. The molecule has 0 aliphatic carbocycles. The maximum Gasteiger partial charge on any atom is 0.228 e. The van der Waals surface area contributed by atoms with Crippen LogP contribution in [0.15, 0.2) is 25.3 Å². The molecule has 0 N–H and O–H groups in total. The van der Waals surface area contributed by atoms with Crippen LogP contribution in [0, 0.1) is 5.92 Å². The molecule has 25 heavy (non-hydrogen) atoms. The molecule has 2 aliphatic rings. The molecule has 2 amide bonds. The summed E-state index contributed by atoms with van der Waals surface area (Å²) in [6, 6.07) is 0. The maximum atomic E-state index is 12.7. The Morgan fingerprint density at radius 1 is 1.20 bits per heavy atom. The van der Waals surface area contributed by atoms with Crippen LogP contribution in [0.3, 0.4) is 0 Å². The Hall–Kier alpha value is -1.66. The Morgan fingerprint density at radius 3 is 2.52 bits per heavy atom. The first kappa shape index (κ1) is 19.7. The molecule has 0 unspecified atom stereocenters. The van der Waals surface area contributed by atoms with E-state index in [1.54, 1.807) is 17.1 Å².